The van der Waals surface area contributed by atoms with Crippen molar-refractivity contribution in [3.63, 3.8) is 0 Å². The molecule has 2 N–H and O–H groups in total. The molecule has 5 heteroatoms. The van der Waals surface area contributed by atoms with Crippen molar-refractivity contribution < 1.29 is 17.9 Å². The molecule has 0 saturated heterocycles. The number of ether oxygens (including phenoxy) is 1. The minimum atomic E-state index is -2.51. The Labute approximate surface area is 103 Å². The van der Waals surface area contributed by atoms with Crippen LogP contribution in [0.25, 0.3) is 11.3 Å². The smallest absolute Gasteiger partial charge is 0.272 e. The summed E-state index contributed by atoms with van der Waals surface area (Å²) in [6.45, 7) is 1.17. The summed E-state index contributed by atoms with van der Waals surface area (Å²) in [5.41, 5.74) is 6.84. The molecule has 96 valence electrons. The summed E-state index contributed by atoms with van der Waals surface area (Å²) >= 11 is 0. The molecule has 1 heterocycles. The molecular weight excluding hydrogens is 240 g/mol. The topological polar surface area (TPSA) is 48.4 Å². The molecule has 0 aliphatic heterocycles. The minimum absolute atomic E-state index is 0.305. The van der Waals surface area contributed by atoms with Gasteiger partial charge in [0.1, 0.15) is 23.9 Å². The predicted octanol–water partition coefficient (Wildman–Crippen LogP) is 3.48. The van der Waals surface area contributed by atoms with Crippen molar-refractivity contribution in [2.24, 2.45) is 0 Å². The van der Waals surface area contributed by atoms with Gasteiger partial charge in [0.25, 0.3) is 6.43 Å². The van der Waals surface area contributed by atoms with E-state index in [0.717, 1.165) is 5.76 Å². The minimum Gasteiger partial charge on any atom is -0.488 e. The van der Waals surface area contributed by atoms with E-state index in [2.05, 4.69) is 0 Å². The molecule has 0 amide bonds. The van der Waals surface area contributed by atoms with Gasteiger partial charge in [0.15, 0.2) is 0 Å². The number of anilines is 1. The van der Waals surface area contributed by atoms with Gasteiger partial charge in [0.05, 0.1) is 0 Å². The molecule has 0 unspecified atom stereocenters. The predicted molar refractivity (Wildman–Crippen MR) is 64.8 cm³/mol. The first-order valence-corrected chi connectivity index (χ1v) is 5.43. The van der Waals surface area contributed by atoms with Gasteiger partial charge in [0, 0.05) is 17.3 Å². The zero-order valence-electron chi connectivity index (χ0n) is 9.82. The van der Waals surface area contributed by atoms with Crippen LogP contribution in [0, 0.1) is 6.92 Å². The average molecular weight is 253 g/mol. The molecule has 2 rings (SSSR count). The Morgan fingerprint density at radius 3 is 2.67 bits per heavy atom. The van der Waals surface area contributed by atoms with Gasteiger partial charge in [-0.1, -0.05) is 0 Å². The Kier molecular flexibility index (Phi) is 3.50. The first-order valence-electron chi connectivity index (χ1n) is 5.43. The molecule has 0 atom stereocenters. The summed E-state index contributed by atoms with van der Waals surface area (Å²) in [5.74, 6) is 1.70. The van der Waals surface area contributed by atoms with Crippen LogP contribution in [0.5, 0.6) is 5.75 Å². The van der Waals surface area contributed by atoms with E-state index in [-0.39, 0.29) is 0 Å². The zero-order chi connectivity index (χ0) is 13.1. The van der Waals surface area contributed by atoms with Crippen molar-refractivity contribution in [3.8, 4) is 17.1 Å². The van der Waals surface area contributed by atoms with E-state index in [9.17, 15) is 8.78 Å². The Bertz CT molecular complexity index is 538. The number of nitrogen functional groups attached to an aromatic ring is 1. The van der Waals surface area contributed by atoms with E-state index in [1.54, 1.807) is 18.2 Å². The zero-order valence-corrected chi connectivity index (χ0v) is 9.82. The van der Waals surface area contributed by atoms with Crippen molar-refractivity contribution in [3.05, 3.63) is 36.1 Å². The van der Waals surface area contributed by atoms with Gasteiger partial charge in [-0.05, 0) is 31.2 Å². The van der Waals surface area contributed by atoms with E-state index in [4.69, 9.17) is 14.9 Å². The Morgan fingerprint density at radius 2 is 2.06 bits per heavy atom. The Morgan fingerprint density at radius 1 is 1.28 bits per heavy atom. The second-order valence-corrected chi connectivity index (χ2v) is 3.90. The lowest BCUT2D eigenvalue weighted by Gasteiger charge is -2.08. The third kappa shape index (κ3) is 3.00. The second kappa shape index (κ2) is 5.08. The summed E-state index contributed by atoms with van der Waals surface area (Å²) in [4.78, 5) is 0. The van der Waals surface area contributed by atoms with E-state index in [1.807, 2.05) is 13.0 Å². The largest absolute Gasteiger partial charge is 0.488 e. The molecule has 0 spiro atoms. The van der Waals surface area contributed by atoms with E-state index in [0.29, 0.717) is 22.8 Å². The van der Waals surface area contributed by atoms with E-state index < -0.39 is 13.0 Å². The number of furan rings is 1. The van der Waals surface area contributed by atoms with Crippen LogP contribution in [0.4, 0.5) is 14.5 Å². The molecule has 18 heavy (non-hydrogen) atoms. The number of halogens is 2. The number of benzene rings is 1. The highest BCUT2D eigenvalue weighted by Gasteiger charge is 2.08. The maximum atomic E-state index is 12.1. The molecular formula is C13H13F2NO2. The molecule has 0 aliphatic rings. The first-order chi connectivity index (χ1) is 8.54. The highest BCUT2D eigenvalue weighted by molar-refractivity contribution is 5.66. The SMILES string of the molecule is Cc1ccc(-c2cc(N)cc(OCC(F)F)c2)o1. The molecule has 0 aliphatic carbocycles. The Hall–Kier alpha value is -2.04. The molecule has 3 nitrogen and oxygen atoms in total. The summed E-state index contributed by atoms with van der Waals surface area (Å²) in [6.07, 6.45) is -2.51. The normalized spacial score (nSPS) is 10.9. The van der Waals surface area contributed by atoms with Gasteiger partial charge in [-0.3, -0.25) is 0 Å². The maximum absolute atomic E-state index is 12.1. The fourth-order valence-corrected chi connectivity index (χ4v) is 1.60. The molecule has 0 saturated carbocycles. The number of aryl methyl sites for hydroxylation is 1. The summed E-state index contributed by atoms with van der Waals surface area (Å²) in [5, 5.41) is 0. The van der Waals surface area contributed by atoms with Gasteiger partial charge in [-0.15, -0.1) is 0 Å². The highest BCUT2D eigenvalue weighted by Crippen LogP contribution is 2.28. The first kappa shape index (κ1) is 12.4. The van der Waals surface area contributed by atoms with Crippen LogP contribution in [0.15, 0.2) is 34.7 Å². The van der Waals surface area contributed by atoms with Crippen molar-refractivity contribution in [1.82, 2.24) is 0 Å². The lowest BCUT2D eigenvalue weighted by molar-refractivity contribution is 0.0819. The van der Waals surface area contributed by atoms with Gasteiger partial charge in [-0.25, -0.2) is 8.78 Å². The van der Waals surface area contributed by atoms with Gasteiger partial charge in [0.2, 0.25) is 0 Å². The molecule has 0 fully saturated rings. The maximum Gasteiger partial charge on any atom is 0.272 e. The summed E-state index contributed by atoms with van der Waals surface area (Å²) in [6, 6.07) is 8.44. The van der Waals surface area contributed by atoms with E-state index in [1.165, 1.54) is 6.07 Å². The second-order valence-electron chi connectivity index (χ2n) is 3.90. The summed E-state index contributed by atoms with van der Waals surface area (Å²) < 4.78 is 34.5. The van der Waals surface area contributed by atoms with Crippen molar-refractivity contribution in [2.45, 2.75) is 13.3 Å². The highest BCUT2D eigenvalue weighted by atomic mass is 19.3. The molecule has 1 aromatic heterocycles. The number of rotatable bonds is 4. The average Bonchev–Trinajstić information content (AvgIpc) is 2.72. The molecule has 0 bridgehead atoms. The number of hydrogen-bond donors (Lipinski definition) is 1. The fourth-order valence-electron chi connectivity index (χ4n) is 1.60. The van der Waals surface area contributed by atoms with Crippen LogP contribution in [0.3, 0.4) is 0 Å². The lowest BCUT2D eigenvalue weighted by Crippen LogP contribution is -2.07. The van der Waals surface area contributed by atoms with E-state index >= 15 is 0 Å². The van der Waals surface area contributed by atoms with Gasteiger partial charge >= 0.3 is 0 Å². The lowest BCUT2D eigenvalue weighted by atomic mass is 10.1. The van der Waals surface area contributed by atoms with Gasteiger partial charge in [-0.2, -0.15) is 0 Å². The number of nitrogens with two attached hydrogens (primary N) is 1. The fraction of sp³-hybridized carbons (Fsp3) is 0.231. The van der Waals surface area contributed by atoms with Crippen molar-refractivity contribution >= 4 is 5.69 Å². The van der Waals surface area contributed by atoms with Crippen molar-refractivity contribution in [2.75, 3.05) is 12.3 Å². The third-order valence-electron chi connectivity index (χ3n) is 2.33. The molecule has 0 radical (unpaired) electrons. The van der Waals surface area contributed by atoms with Crippen LogP contribution >= 0.6 is 0 Å². The van der Waals surface area contributed by atoms with Crippen LogP contribution in [0.1, 0.15) is 5.76 Å². The number of alkyl halides is 2. The van der Waals surface area contributed by atoms with Crippen LogP contribution in [-0.2, 0) is 0 Å². The van der Waals surface area contributed by atoms with Crippen LogP contribution < -0.4 is 10.5 Å². The quantitative estimate of drug-likeness (QED) is 0.848. The van der Waals surface area contributed by atoms with Gasteiger partial charge < -0.3 is 14.9 Å². The monoisotopic (exact) mass is 253 g/mol. The summed E-state index contributed by atoms with van der Waals surface area (Å²) in [7, 11) is 0. The molecule has 1 aromatic carbocycles. The molecule has 2 aromatic rings. The third-order valence-corrected chi connectivity index (χ3v) is 2.33. The van der Waals surface area contributed by atoms with Crippen LogP contribution in [0.2, 0.25) is 0 Å². The van der Waals surface area contributed by atoms with Crippen molar-refractivity contribution in [1.29, 1.82) is 0 Å². The Balaban J connectivity index is 2.26. The number of hydrogen-bond acceptors (Lipinski definition) is 3. The van der Waals surface area contributed by atoms with Crippen LogP contribution in [-0.4, -0.2) is 13.0 Å². The standard InChI is InChI=1S/C13H13F2NO2/c1-8-2-3-12(18-8)9-4-10(16)6-11(5-9)17-7-13(14)15/h2-6,13H,7,16H2,1H3.